The van der Waals surface area contributed by atoms with E-state index >= 15 is 0 Å². The molecule has 2 aromatic rings. The first-order valence-electron chi connectivity index (χ1n) is 6.62. The molecule has 0 saturated carbocycles. The van der Waals surface area contributed by atoms with Crippen LogP contribution in [0.15, 0.2) is 34.9 Å². The van der Waals surface area contributed by atoms with Gasteiger partial charge in [-0.1, -0.05) is 17.3 Å². The summed E-state index contributed by atoms with van der Waals surface area (Å²) in [7, 11) is 0. The fourth-order valence-corrected chi connectivity index (χ4v) is 1.86. The topological polar surface area (TPSA) is 67.2 Å². The summed E-state index contributed by atoms with van der Waals surface area (Å²) in [6, 6.07) is 9.39. The Morgan fingerprint density at radius 2 is 2.10 bits per heavy atom. The summed E-state index contributed by atoms with van der Waals surface area (Å²) in [4.78, 5) is 12.1. The minimum atomic E-state index is -0.0839. The van der Waals surface area contributed by atoms with Crippen molar-refractivity contribution in [2.24, 2.45) is 0 Å². The Labute approximate surface area is 118 Å². The zero-order valence-corrected chi connectivity index (χ0v) is 11.9. The molecule has 0 atom stereocenters. The Kier molecular flexibility index (Phi) is 4.40. The second-order valence-corrected chi connectivity index (χ2v) is 4.96. The SMILES string of the molecule is Cc1cc(CNc2ccccc2C(=O)NC(C)C)no1. The van der Waals surface area contributed by atoms with Crippen LogP contribution in [0.3, 0.4) is 0 Å². The molecule has 1 aromatic heterocycles. The van der Waals surface area contributed by atoms with E-state index in [1.54, 1.807) is 6.07 Å². The Morgan fingerprint density at radius 3 is 2.75 bits per heavy atom. The van der Waals surface area contributed by atoms with E-state index in [2.05, 4.69) is 15.8 Å². The lowest BCUT2D eigenvalue weighted by atomic mass is 10.1. The van der Waals surface area contributed by atoms with Crippen LogP contribution >= 0.6 is 0 Å². The second kappa shape index (κ2) is 6.23. The Balaban J connectivity index is 2.09. The van der Waals surface area contributed by atoms with E-state index in [0.29, 0.717) is 12.1 Å². The Morgan fingerprint density at radius 1 is 1.35 bits per heavy atom. The lowest BCUT2D eigenvalue weighted by Crippen LogP contribution is -2.30. The number of anilines is 1. The number of hydrogen-bond acceptors (Lipinski definition) is 4. The molecule has 0 fully saturated rings. The number of para-hydroxylation sites is 1. The number of nitrogens with zero attached hydrogens (tertiary/aromatic N) is 1. The summed E-state index contributed by atoms with van der Waals surface area (Å²) < 4.78 is 5.01. The van der Waals surface area contributed by atoms with Crippen molar-refractivity contribution in [3.8, 4) is 0 Å². The fraction of sp³-hybridized carbons (Fsp3) is 0.333. The van der Waals surface area contributed by atoms with Gasteiger partial charge in [0.1, 0.15) is 11.5 Å². The molecule has 0 aliphatic heterocycles. The molecule has 2 rings (SSSR count). The van der Waals surface area contributed by atoms with E-state index < -0.39 is 0 Å². The van der Waals surface area contributed by atoms with Crippen LogP contribution in [0.25, 0.3) is 0 Å². The van der Waals surface area contributed by atoms with Crippen LogP contribution in [-0.2, 0) is 6.54 Å². The standard InChI is InChI=1S/C15H19N3O2/c1-10(2)17-15(19)13-6-4-5-7-14(13)16-9-12-8-11(3)20-18-12/h4-8,10,16H,9H2,1-3H3,(H,17,19). The lowest BCUT2D eigenvalue weighted by Gasteiger charge is -2.13. The first-order valence-corrected chi connectivity index (χ1v) is 6.62. The highest BCUT2D eigenvalue weighted by Crippen LogP contribution is 2.16. The average molecular weight is 273 g/mol. The summed E-state index contributed by atoms with van der Waals surface area (Å²) in [6.45, 7) is 6.24. The normalized spacial score (nSPS) is 10.6. The molecule has 1 amide bonds. The number of hydrogen-bond donors (Lipinski definition) is 2. The predicted molar refractivity (Wildman–Crippen MR) is 77.6 cm³/mol. The van der Waals surface area contributed by atoms with Gasteiger partial charge in [-0.15, -0.1) is 0 Å². The zero-order chi connectivity index (χ0) is 14.5. The van der Waals surface area contributed by atoms with Crippen molar-refractivity contribution in [2.45, 2.75) is 33.4 Å². The third kappa shape index (κ3) is 3.60. The van der Waals surface area contributed by atoms with E-state index in [-0.39, 0.29) is 11.9 Å². The lowest BCUT2D eigenvalue weighted by molar-refractivity contribution is 0.0944. The van der Waals surface area contributed by atoms with Crippen molar-refractivity contribution in [1.29, 1.82) is 0 Å². The summed E-state index contributed by atoms with van der Waals surface area (Å²) in [5, 5.41) is 10.0. The molecule has 5 heteroatoms. The molecule has 1 aromatic carbocycles. The number of amides is 1. The van der Waals surface area contributed by atoms with Crippen LogP contribution in [0, 0.1) is 6.92 Å². The average Bonchev–Trinajstić information content (AvgIpc) is 2.82. The number of rotatable bonds is 5. The van der Waals surface area contributed by atoms with E-state index in [1.807, 2.05) is 45.0 Å². The van der Waals surface area contributed by atoms with Gasteiger partial charge in [-0.2, -0.15) is 0 Å². The molecule has 20 heavy (non-hydrogen) atoms. The summed E-state index contributed by atoms with van der Waals surface area (Å²) in [5.74, 6) is 0.687. The van der Waals surface area contributed by atoms with Crippen molar-refractivity contribution in [1.82, 2.24) is 10.5 Å². The van der Waals surface area contributed by atoms with Gasteiger partial charge in [0.25, 0.3) is 5.91 Å². The number of aromatic nitrogens is 1. The minimum Gasteiger partial charge on any atom is -0.379 e. The maximum Gasteiger partial charge on any atom is 0.253 e. The van der Waals surface area contributed by atoms with Gasteiger partial charge in [0.2, 0.25) is 0 Å². The van der Waals surface area contributed by atoms with Crippen molar-refractivity contribution < 1.29 is 9.32 Å². The van der Waals surface area contributed by atoms with Crippen LogP contribution in [0.4, 0.5) is 5.69 Å². The Hall–Kier alpha value is -2.30. The van der Waals surface area contributed by atoms with Crippen molar-refractivity contribution in [2.75, 3.05) is 5.32 Å². The van der Waals surface area contributed by atoms with Crippen LogP contribution in [0.5, 0.6) is 0 Å². The summed E-state index contributed by atoms with van der Waals surface area (Å²) in [5.41, 5.74) is 2.22. The van der Waals surface area contributed by atoms with E-state index in [0.717, 1.165) is 17.1 Å². The number of nitrogens with one attached hydrogen (secondary N) is 2. The van der Waals surface area contributed by atoms with Crippen LogP contribution in [0.2, 0.25) is 0 Å². The third-order valence-electron chi connectivity index (χ3n) is 2.73. The molecule has 2 N–H and O–H groups in total. The monoisotopic (exact) mass is 273 g/mol. The molecule has 0 bridgehead atoms. The number of benzene rings is 1. The number of aryl methyl sites for hydroxylation is 1. The van der Waals surface area contributed by atoms with Gasteiger partial charge in [-0.25, -0.2) is 0 Å². The minimum absolute atomic E-state index is 0.0839. The van der Waals surface area contributed by atoms with Gasteiger partial charge in [-0.3, -0.25) is 4.79 Å². The van der Waals surface area contributed by atoms with Gasteiger partial charge in [0.15, 0.2) is 0 Å². The third-order valence-corrected chi connectivity index (χ3v) is 2.73. The fourth-order valence-electron chi connectivity index (χ4n) is 1.86. The maximum absolute atomic E-state index is 12.1. The largest absolute Gasteiger partial charge is 0.379 e. The van der Waals surface area contributed by atoms with Gasteiger partial charge in [-0.05, 0) is 32.9 Å². The predicted octanol–water partition coefficient (Wildman–Crippen LogP) is 2.73. The number of carbonyl (C=O) groups is 1. The van der Waals surface area contributed by atoms with E-state index in [1.165, 1.54) is 0 Å². The molecule has 0 aliphatic rings. The van der Waals surface area contributed by atoms with Crippen LogP contribution in [-0.4, -0.2) is 17.1 Å². The smallest absolute Gasteiger partial charge is 0.253 e. The first-order chi connectivity index (χ1) is 9.56. The van der Waals surface area contributed by atoms with Gasteiger partial charge < -0.3 is 15.2 Å². The van der Waals surface area contributed by atoms with Crippen molar-refractivity contribution >= 4 is 11.6 Å². The van der Waals surface area contributed by atoms with Crippen molar-refractivity contribution in [3.05, 3.63) is 47.3 Å². The molecule has 0 unspecified atom stereocenters. The first kappa shape index (κ1) is 14.1. The van der Waals surface area contributed by atoms with Crippen molar-refractivity contribution in [3.63, 3.8) is 0 Å². The number of carbonyl (C=O) groups excluding carboxylic acids is 1. The molecular formula is C15H19N3O2. The highest BCUT2D eigenvalue weighted by molar-refractivity contribution is 5.99. The maximum atomic E-state index is 12.1. The van der Waals surface area contributed by atoms with Gasteiger partial charge in [0, 0.05) is 17.8 Å². The van der Waals surface area contributed by atoms with Gasteiger partial charge in [0.05, 0.1) is 12.1 Å². The van der Waals surface area contributed by atoms with Crippen LogP contribution in [0.1, 0.15) is 35.7 Å². The summed E-state index contributed by atoms with van der Waals surface area (Å²) in [6.07, 6.45) is 0. The molecule has 106 valence electrons. The molecule has 1 heterocycles. The molecule has 0 radical (unpaired) electrons. The molecular weight excluding hydrogens is 254 g/mol. The molecule has 5 nitrogen and oxygen atoms in total. The van der Waals surface area contributed by atoms with E-state index in [4.69, 9.17) is 4.52 Å². The second-order valence-electron chi connectivity index (χ2n) is 4.96. The molecule has 0 saturated heterocycles. The van der Waals surface area contributed by atoms with Crippen LogP contribution < -0.4 is 10.6 Å². The highest BCUT2D eigenvalue weighted by Gasteiger charge is 2.11. The van der Waals surface area contributed by atoms with Gasteiger partial charge >= 0.3 is 0 Å². The Bertz CT molecular complexity index is 590. The highest BCUT2D eigenvalue weighted by atomic mass is 16.5. The quantitative estimate of drug-likeness (QED) is 0.879. The molecule has 0 spiro atoms. The summed E-state index contributed by atoms with van der Waals surface area (Å²) >= 11 is 0. The zero-order valence-electron chi connectivity index (χ0n) is 11.9. The molecule has 0 aliphatic carbocycles. The van der Waals surface area contributed by atoms with E-state index in [9.17, 15) is 4.79 Å².